The van der Waals surface area contributed by atoms with Gasteiger partial charge >= 0.3 is 0 Å². The van der Waals surface area contributed by atoms with Gasteiger partial charge in [-0.3, -0.25) is 4.79 Å². The first-order valence-corrected chi connectivity index (χ1v) is 2.44. The van der Waals surface area contributed by atoms with Gasteiger partial charge in [0.2, 0.25) is 0 Å². The molecule has 0 aromatic rings. The van der Waals surface area contributed by atoms with Crippen LogP contribution in [-0.2, 0) is 4.79 Å². The lowest BCUT2D eigenvalue weighted by Gasteiger charge is -2.01. The lowest BCUT2D eigenvalue weighted by molar-refractivity contribution is -0.116. The maximum Gasteiger partial charge on any atom is 0.295 e. The smallest absolute Gasteiger partial charge is 0.295 e. The molecular formula is C6H9NO. The van der Waals surface area contributed by atoms with Crippen LogP contribution in [0.1, 0.15) is 13.8 Å². The number of carbonyl (C=O) groups excluding carboxylic acids is 1. The lowest BCUT2D eigenvalue weighted by atomic mass is 10.4. The van der Waals surface area contributed by atoms with E-state index in [0.717, 1.165) is 0 Å². The Kier molecular flexibility index (Phi) is 2.71. The maximum atomic E-state index is 10.3. The van der Waals surface area contributed by atoms with Crippen LogP contribution in [0.25, 0.3) is 0 Å². The van der Waals surface area contributed by atoms with Gasteiger partial charge < -0.3 is 5.32 Å². The van der Waals surface area contributed by atoms with Gasteiger partial charge in [-0.1, -0.05) is 0 Å². The molecule has 2 heteroatoms. The van der Waals surface area contributed by atoms with Crippen molar-refractivity contribution in [3.63, 3.8) is 0 Å². The van der Waals surface area contributed by atoms with Crippen molar-refractivity contribution in [1.29, 1.82) is 0 Å². The summed E-state index contributed by atoms with van der Waals surface area (Å²) in [6.45, 7) is 3.71. The molecule has 0 aromatic carbocycles. The average Bonchev–Trinajstić information content (AvgIpc) is 1.65. The quantitative estimate of drug-likeness (QED) is 0.479. The van der Waals surface area contributed by atoms with Crippen LogP contribution >= 0.6 is 0 Å². The van der Waals surface area contributed by atoms with E-state index in [1.54, 1.807) is 0 Å². The third-order valence-electron chi connectivity index (χ3n) is 0.551. The van der Waals surface area contributed by atoms with Crippen molar-refractivity contribution in [3.8, 4) is 12.3 Å². The first-order valence-electron chi connectivity index (χ1n) is 2.44. The molecule has 0 radical (unpaired) electrons. The van der Waals surface area contributed by atoms with Gasteiger partial charge in [-0.2, -0.15) is 0 Å². The standard InChI is InChI=1S/C6H9NO/c1-4-6(8)7-5(2)3/h1,5H,2-3H3,(H,7,8). The summed E-state index contributed by atoms with van der Waals surface area (Å²) >= 11 is 0. The Balaban J connectivity index is 3.44. The summed E-state index contributed by atoms with van der Waals surface area (Å²) in [5.41, 5.74) is 0. The Morgan fingerprint density at radius 1 is 1.75 bits per heavy atom. The molecule has 0 aliphatic rings. The zero-order valence-corrected chi connectivity index (χ0v) is 5.06. The highest BCUT2D eigenvalue weighted by molar-refractivity contribution is 5.92. The van der Waals surface area contributed by atoms with Gasteiger partial charge in [0.15, 0.2) is 0 Å². The van der Waals surface area contributed by atoms with Crippen molar-refractivity contribution in [2.45, 2.75) is 19.9 Å². The zero-order valence-electron chi connectivity index (χ0n) is 5.06. The minimum absolute atomic E-state index is 0.138. The fraction of sp³-hybridized carbons (Fsp3) is 0.500. The molecule has 0 unspecified atom stereocenters. The van der Waals surface area contributed by atoms with Crippen LogP contribution in [0.4, 0.5) is 0 Å². The Bertz CT molecular complexity index is 121. The first-order chi connectivity index (χ1) is 3.66. The third-order valence-corrected chi connectivity index (χ3v) is 0.551. The molecule has 0 aliphatic carbocycles. The van der Waals surface area contributed by atoms with Crippen LogP contribution in [-0.4, -0.2) is 11.9 Å². The van der Waals surface area contributed by atoms with Gasteiger partial charge in [0, 0.05) is 6.04 Å². The first kappa shape index (κ1) is 7.03. The summed E-state index contributed by atoms with van der Waals surface area (Å²) in [4.78, 5) is 10.3. The molecule has 0 saturated carbocycles. The highest BCUT2D eigenvalue weighted by atomic mass is 16.1. The molecule has 0 atom stereocenters. The number of carbonyl (C=O) groups is 1. The van der Waals surface area contributed by atoms with E-state index >= 15 is 0 Å². The second-order valence-electron chi connectivity index (χ2n) is 1.77. The Morgan fingerprint density at radius 3 is 2.38 bits per heavy atom. The Morgan fingerprint density at radius 2 is 2.25 bits per heavy atom. The topological polar surface area (TPSA) is 29.1 Å². The van der Waals surface area contributed by atoms with Crippen LogP contribution < -0.4 is 5.32 Å². The van der Waals surface area contributed by atoms with E-state index in [1.165, 1.54) is 0 Å². The van der Waals surface area contributed by atoms with Crippen LogP contribution in [0.2, 0.25) is 0 Å². The fourth-order valence-electron chi connectivity index (χ4n) is 0.304. The molecule has 0 spiro atoms. The van der Waals surface area contributed by atoms with E-state index in [9.17, 15) is 4.79 Å². The minimum atomic E-state index is -0.347. The van der Waals surface area contributed by atoms with Gasteiger partial charge in [0.05, 0.1) is 0 Å². The molecule has 8 heavy (non-hydrogen) atoms. The number of amides is 1. The summed E-state index contributed by atoms with van der Waals surface area (Å²) in [6, 6.07) is 0.138. The van der Waals surface area contributed by atoms with E-state index in [0.29, 0.717) is 0 Å². The largest absolute Gasteiger partial charge is 0.343 e. The number of terminal acetylenes is 1. The second kappa shape index (κ2) is 3.09. The second-order valence-corrected chi connectivity index (χ2v) is 1.77. The highest BCUT2D eigenvalue weighted by Crippen LogP contribution is 1.73. The van der Waals surface area contributed by atoms with Crippen molar-refractivity contribution >= 4 is 5.91 Å². The lowest BCUT2D eigenvalue weighted by Crippen LogP contribution is -2.28. The predicted octanol–water partition coefficient (Wildman–Crippen LogP) is 0.144. The van der Waals surface area contributed by atoms with Gasteiger partial charge in [-0.25, -0.2) is 0 Å². The number of rotatable bonds is 1. The van der Waals surface area contributed by atoms with E-state index in [1.807, 2.05) is 19.8 Å². The average molecular weight is 111 g/mol. The molecule has 44 valence electrons. The Hall–Kier alpha value is -0.970. The van der Waals surface area contributed by atoms with Crippen LogP contribution in [0.15, 0.2) is 0 Å². The molecule has 2 nitrogen and oxygen atoms in total. The maximum absolute atomic E-state index is 10.3. The fourth-order valence-corrected chi connectivity index (χ4v) is 0.304. The van der Waals surface area contributed by atoms with Crippen molar-refractivity contribution in [2.75, 3.05) is 0 Å². The number of hydrogen-bond acceptors (Lipinski definition) is 1. The minimum Gasteiger partial charge on any atom is -0.343 e. The van der Waals surface area contributed by atoms with Gasteiger partial charge in [0.25, 0.3) is 5.91 Å². The summed E-state index contributed by atoms with van der Waals surface area (Å²) < 4.78 is 0. The van der Waals surface area contributed by atoms with Crippen molar-refractivity contribution in [3.05, 3.63) is 0 Å². The SMILES string of the molecule is C#CC(=O)NC(C)C. The van der Waals surface area contributed by atoms with Crippen molar-refractivity contribution in [1.82, 2.24) is 5.32 Å². The van der Waals surface area contributed by atoms with Crippen molar-refractivity contribution in [2.24, 2.45) is 0 Å². The van der Waals surface area contributed by atoms with E-state index < -0.39 is 0 Å². The van der Waals surface area contributed by atoms with E-state index in [2.05, 4.69) is 5.32 Å². The predicted molar refractivity (Wildman–Crippen MR) is 32.1 cm³/mol. The monoisotopic (exact) mass is 111 g/mol. The summed E-state index contributed by atoms with van der Waals surface area (Å²) in [5, 5.41) is 2.52. The van der Waals surface area contributed by atoms with Crippen LogP contribution in [0.3, 0.4) is 0 Å². The highest BCUT2D eigenvalue weighted by Gasteiger charge is 1.94. The van der Waals surface area contributed by atoms with E-state index in [4.69, 9.17) is 6.42 Å². The van der Waals surface area contributed by atoms with Crippen molar-refractivity contribution < 1.29 is 4.79 Å². The molecule has 0 rings (SSSR count). The van der Waals surface area contributed by atoms with E-state index in [-0.39, 0.29) is 11.9 Å². The van der Waals surface area contributed by atoms with Crippen LogP contribution in [0.5, 0.6) is 0 Å². The molecule has 0 fully saturated rings. The van der Waals surface area contributed by atoms with Gasteiger partial charge in [-0.15, -0.1) is 6.42 Å². The number of hydrogen-bond donors (Lipinski definition) is 1. The molecule has 1 N–H and O–H groups in total. The molecule has 0 aromatic heterocycles. The Labute approximate surface area is 49.3 Å². The van der Waals surface area contributed by atoms with Gasteiger partial charge in [0.1, 0.15) is 0 Å². The summed E-state index contributed by atoms with van der Waals surface area (Å²) in [5.74, 6) is 1.60. The zero-order chi connectivity index (χ0) is 6.57. The number of nitrogens with one attached hydrogen (secondary N) is 1. The normalized spacial score (nSPS) is 8.25. The van der Waals surface area contributed by atoms with Gasteiger partial charge in [-0.05, 0) is 19.8 Å². The summed E-state index contributed by atoms with van der Waals surface area (Å²) in [6.07, 6.45) is 4.76. The van der Waals surface area contributed by atoms with Crippen LogP contribution in [0, 0.1) is 12.3 Å². The molecule has 0 saturated heterocycles. The molecule has 0 aliphatic heterocycles. The molecule has 0 heterocycles. The molecular weight excluding hydrogens is 102 g/mol. The molecule has 0 bridgehead atoms. The summed E-state index contributed by atoms with van der Waals surface area (Å²) in [7, 11) is 0. The molecule has 1 amide bonds. The third kappa shape index (κ3) is 3.23.